The van der Waals surface area contributed by atoms with Gasteiger partial charge in [-0.25, -0.2) is 8.42 Å². The zero-order chi connectivity index (χ0) is 10.1. The molecule has 13 heavy (non-hydrogen) atoms. The first-order valence-corrected chi connectivity index (χ1v) is 6.43. The zero-order valence-corrected chi connectivity index (χ0v) is 9.05. The molecule has 1 saturated heterocycles. The lowest BCUT2D eigenvalue weighted by atomic mass is 10.2. The summed E-state index contributed by atoms with van der Waals surface area (Å²) in [4.78, 5) is 2.14. The second-order valence-corrected chi connectivity index (χ2v) is 6.16. The van der Waals surface area contributed by atoms with Crippen LogP contribution in [0.25, 0.3) is 0 Å². The third-order valence-corrected chi connectivity index (χ3v) is 4.13. The van der Waals surface area contributed by atoms with Gasteiger partial charge in [-0.15, -0.1) is 0 Å². The molecule has 1 aliphatic heterocycles. The molecule has 4 nitrogen and oxygen atoms in total. The monoisotopic (exact) mass is 206 g/mol. The van der Waals surface area contributed by atoms with Gasteiger partial charge in [0.25, 0.3) is 0 Å². The van der Waals surface area contributed by atoms with E-state index in [1.165, 1.54) is 0 Å². The van der Waals surface area contributed by atoms with Gasteiger partial charge in [0.1, 0.15) is 0 Å². The van der Waals surface area contributed by atoms with E-state index in [0.717, 1.165) is 6.54 Å². The Bertz CT molecular complexity index is 261. The molecule has 1 fully saturated rings. The van der Waals surface area contributed by atoms with E-state index >= 15 is 0 Å². The SMILES string of the molecule is CC(N)CN1CCS(=O)(=O)CC1C. The molecule has 78 valence electrons. The first-order chi connectivity index (χ1) is 5.91. The summed E-state index contributed by atoms with van der Waals surface area (Å²) >= 11 is 0. The van der Waals surface area contributed by atoms with Gasteiger partial charge in [-0.3, -0.25) is 4.90 Å². The number of rotatable bonds is 2. The first kappa shape index (κ1) is 10.9. The van der Waals surface area contributed by atoms with Crippen LogP contribution in [0.2, 0.25) is 0 Å². The Labute approximate surface area is 80.0 Å². The van der Waals surface area contributed by atoms with Crippen molar-refractivity contribution in [3.05, 3.63) is 0 Å². The fourth-order valence-corrected chi connectivity index (χ4v) is 3.30. The molecule has 2 unspecified atom stereocenters. The minimum Gasteiger partial charge on any atom is -0.327 e. The minimum atomic E-state index is -2.78. The van der Waals surface area contributed by atoms with Crippen LogP contribution in [0.15, 0.2) is 0 Å². The van der Waals surface area contributed by atoms with E-state index in [2.05, 4.69) is 4.90 Å². The van der Waals surface area contributed by atoms with Crippen molar-refractivity contribution < 1.29 is 8.42 Å². The van der Waals surface area contributed by atoms with E-state index in [4.69, 9.17) is 5.73 Å². The smallest absolute Gasteiger partial charge is 0.153 e. The summed E-state index contributed by atoms with van der Waals surface area (Å²) in [6, 6.07) is 0.230. The van der Waals surface area contributed by atoms with E-state index in [0.29, 0.717) is 6.54 Å². The van der Waals surface area contributed by atoms with Crippen molar-refractivity contribution in [3.63, 3.8) is 0 Å². The molecular weight excluding hydrogens is 188 g/mol. The van der Waals surface area contributed by atoms with Crippen LogP contribution >= 0.6 is 0 Å². The molecule has 1 aliphatic rings. The van der Waals surface area contributed by atoms with Crippen molar-refractivity contribution >= 4 is 9.84 Å². The number of sulfone groups is 1. The number of hydrogen-bond acceptors (Lipinski definition) is 4. The Hall–Kier alpha value is -0.130. The highest BCUT2D eigenvalue weighted by atomic mass is 32.2. The number of nitrogens with two attached hydrogens (primary N) is 1. The van der Waals surface area contributed by atoms with E-state index < -0.39 is 9.84 Å². The molecule has 0 spiro atoms. The highest BCUT2D eigenvalue weighted by molar-refractivity contribution is 7.91. The van der Waals surface area contributed by atoms with Crippen LogP contribution in [0.4, 0.5) is 0 Å². The zero-order valence-electron chi connectivity index (χ0n) is 8.23. The minimum absolute atomic E-state index is 0.114. The van der Waals surface area contributed by atoms with Gasteiger partial charge < -0.3 is 5.73 Å². The summed E-state index contributed by atoms with van der Waals surface area (Å²) in [6.45, 7) is 5.30. The lowest BCUT2D eigenvalue weighted by Crippen LogP contribution is -2.50. The third kappa shape index (κ3) is 3.25. The molecule has 0 aliphatic carbocycles. The van der Waals surface area contributed by atoms with Crippen LogP contribution in [0.5, 0.6) is 0 Å². The second-order valence-electron chi connectivity index (χ2n) is 3.94. The Kier molecular flexibility index (Phi) is 3.32. The quantitative estimate of drug-likeness (QED) is 0.658. The summed E-state index contributed by atoms with van der Waals surface area (Å²) in [5.74, 6) is 0.559. The first-order valence-electron chi connectivity index (χ1n) is 4.61. The van der Waals surface area contributed by atoms with Gasteiger partial charge in [-0.05, 0) is 13.8 Å². The average molecular weight is 206 g/mol. The molecule has 0 bridgehead atoms. The van der Waals surface area contributed by atoms with Crippen LogP contribution < -0.4 is 5.73 Å². The van der Waals surface area contributed by atoms with Crippen molar-refractivity contribution in [1.29, 1.82) is 0 Å². The summed E-state index contributed by atoms with van der Waals surface area (Å²) in [5.41, 5.74) is 5.66. The molecular formula is C8H18N2O2S. The van der Waals surface area contributed by atoms with Crippen LogP contribution in [-0.4, -0.2) is 50.0 Å². The van der Waals surface area contributed by atoms with Crippen molar-refractivity contribution in [2.24, 2.45) is 5.73 Å². The van der Waals surface area contributed by atoms with E-state index in [1.54, 1.807) is 0 Å². The third-order valence-electron chi connectivity index (χ3n) is 2.33. The molecule has 0 radical (unpaired) electrons. The Morgan fingerprint density at radius 1 is 1.62 bits per heavy atom. The Morgan fingerprint density at radius 2 is 2.23 bits per heavy atom. The molecule has 5 heteroatoms. The van der Waals surface area contributed by atoms with Crippen molar-refractivity contribution in [2.45, 2.75) is 25.9 Å². The van der Waals surface area contributed by atoms with E-state index in [1.807, 2.05) is 13.8 Å². The van der Waals surface area contributed by atoms with Gasteiger partial charge in [0.2, 0.25) is 0 Å². The predicted octanol–water partition coefficient (Wildman–Crippen LogP) is -0.547. The molecule has 0 aromatic carbocycles. The van der Waals surface area contributed by atoms with Crippen LogP contribution in [0.3, 0.4) is 0 Å². The van der Waals surface area contributed by atoms with Gasteiger partial charge in [0.05, 0.1) is 11.5 Å². The van der Waals surface area contributed by atoms with E-state index in [-0.39, 0.29) is 23.6 Å². The lowest BCUT2D eigenvalue weighted by molar-refractivity contribution is 0.217. The van der Waals surface area contributed by atoms with Crippen molar-refractivity contribution in [2.75, 3.05) is 24.6 Å². The maximum absolute atomic E-state index is 11.2. The standard InChI is InChI=1S/C8H18N2O2S/c1-7(9)5-10-3-4-13(11,12)6-8(10)2/h7-8H,3-6,9H2,1-2H3. The van der Waals surface area contributed by atoms with Crippen LogP contribution in [0, 0.1) is 0 Å². The highest BCUT2D eigenvalue weighted by Gasteiger charge is 2.27. The molecule has 0 amide bonds. The fraction of sp³-hybridized carbons (Fsp3) is 1.00. The molecule has 0 saturated carbocycles. The van der Waals surface area contributed by atoms with Crippen molar-refractivity contribution in [3.8, 4) is 0 Å². The molecule has 1 rings (SSSR count). The normalized spacial score (nSPS) is 31.5. The van der Waals surface area contributed by atoms with Crippen molar-refractivity contribution in [1.82, 2.24) is 4.90 Å². The lowest BCUT2D eigenvalue weighted by Gasteiger charge is -2.34. The molecule has 1 heterocycles. The highest BCUT2D eigenvalue weighted by Crippen LogP contribution is 2.11. The molecule has 0 aromatic heterocycles. The largest absolute Gasteiger partial charge is 0.327 e. The molecule has 2 atom stereocenters. The predicted molar refractivity (Wildman–Crippen MR) is 53.3 cm³/mol. The van der Waals surface area contributed by atoms with Gasteiger partial charge >= 0.3 is 0 Å². The number of hydrogen-bond donors (Lipinski definition) is 1. The van der Waals surface area contributed by atoms with Gasteiger partial charge in [0.15, 0.2) is 9.84 Å². The molecule has 0 aromatic rings. The molecule has 2 N–H and O–H groups in total. The maximum atomic E-state index is 11.2. The van der Waals surface area contributed by atoms with Crippen LogP contribution in [-0.2, 0) is 9.84 Å². The summed E-state index contributed by atoms with van der Waals surface area (Å²) in [7, 11) is -2.78. The maximum Gasteiger partial charge on any atom is 0.153 e. The summed E-state index contributed by atoms with van der Waals surface area (Å²) in [6.07, 6.45) is 0. The summed E-state index contributed by atoms with van der Waals surface area (Å²) < 4.78 is 22.5. The van der Waals surface area contributed by atoms with Gasteiger partial charge in [0, 0.05) is 25.2 Å². The van der Waals surface area contributed by atoms with Gasteiger partial charge in [-0.2, -0.15) is 0 Å². The topological polar surface area (TPSA) is 63.4 Å². The average Bonchev–Trinajstić information content (AvgIpc) is 1.93. The van der Waals surface area contributed by atoms with Crippen LogP contribution in [0.1, 0.15) is 13.8 Å². The van der Waals surface area contributed by atoms with E-state index in [9.17, 15) is 8.42 Å². The fourth-order valence-electron chi connectivity index (χ4n) is 1.67. The second kappa shape index (κ2) is 3.94. The summed E-state index contributed by atoms with van der Waals surface area (Å²) in [5, 5.41) is 0. The Balaban J connectivity index is 2.54. The number of nitrogens with zero attached hydrogens (tertiary/aromatic N) is 1. The van der Waals surface area contributed by atoms with Gasteiger partial charge in [-0.1, -0.05) is 0 Å². The Morgan fingerprint density at radius 3 is 2.69 bits per heavy atom.